The molecule has 4 aromatic rings. The van der Waals surface area contributed by atoms with Crippen LogP contribution in [0.5, 0.6) is 0 Å². The first-order valence-electron chi connectivity index (χ1n) is 11.7. The minimum absolute atomic E-state index is 0.00352. The van der Waals surface area contributed by atoms with Crippen molar-refractivity contribution in [2.75, 3.05) is 0 Å². The molecule has 1 saturated heterocycles. The molecule has 174 valence electrons. The van der Waals surface area contributed by atoms with E-state index in [4.69, 9.17) is 14.7 Å². The molecule has 3 aromatic heterocycles. The predicted octanol–water partition coefficient (Wildman–Crippen LogP) is 5.83. The van der Waals surface area contributed by atoms with Gasteiger partial charge in [0, 0.05) is 40.4 Å². The van der Waals surface area contributed by atoms with Gasteiger partial charge in [0.25, 0.3) is 0 Å². The Bertz CT molecular complexity index is 1380. The number of benzene rings is 1. The highest BCUT2D eigenvalue weighted by Crippen LogP contribution is 2.41. The Labute approximate surface area is 196 Å². The Morgan fingerprint density at radius 1 is 1.03 bits per heavy atom. The molecule has 6 rings (SSSR count). The van der Waals surface area contributed by atoms with Crippen molar-refractivity contribution in [1.82, 2.24) is 24.7 Å². The number of hydrogen-bond donors (Lipinski definition) is 0. The monoisotopic (exact) mass is 461 g/mol. The Morgan fingerprint density at radius 3 is 2.68 bits per heavy atom. The van der Waals surface area contributed by atoms with Crippen LogP contribution >= 0.6 is 0 Å². The summed E-state index contributed by atoms with van der Waals surface area (Å²) in [6, 6.07) is 7.77. The van der Waals surface area contributed by atoms with Crippen LogP contribution in [0.2, 0.25) is 0 Å². The van der Waals surface area contributed by atoms with Crippen LogP contribution in [0.4, 0.5) is 8.78 Å². The number of halogens is 2. The smallest absolute Gasteiger partial charge is 0.163 e. The van der Waals surface area contributed by atoms with Crippen molar-refractivity contribution in [3.8, 4) is 11.3 Å². The number of aryl methyl sites for hydroxylation is 1. The van der Waals surface area contributed by atoms with Crippen LogP contribution in [0.15, 0.2) is 42.7 Å². The molecule has 2 aliphatic rings. The van der Waals surface area contributed by atoms with E-state index in [1.54, 1.807) is 0 Å². The number of aromatic nitrogens is 5. The zero-order chi connectivity index (χ0) is 23.4. The lowest BCUT2D eigenvalue weighted by Crippen LogP contribution is -2.26. The van der Waals surface area contributed by atoms with E-state index in [1.165, 1.54) is 25.0 Å². The van der Waals surface area contributed by atoms with E-state index in [2.05, 4.69) is 23.2 Å². The molecule has 1 aliphatic heterocycles. The van der Waals surface area contributed by atoms with Crippen molar-refractivity contribution in [2.24, 2.45) is 0 Å². The first-order chi connectivity index (χ1) is 16.4. The van der Waals surface area contributed by atoms with Gasteiger partial charge in [0.05, 0.1) is 30.1 Å². The van der Waals surface area contributed by atoms with Crippen molar-refractivity contribution in [3.05, 3.63) is 71.4 Å². The summed E-state index contributed by atoms with van der Waals surface area (Å²) in [6.07, 6.45) is 7.66. The SMILES string of the molecule is Cc1ccc2c(-c3ccc(F)cc3F)nc([C@@H]3C[C@@H](C)O[C@@H](c4cnn(C5CC5)c4)C3)nc2n1. The first-order valence-corrected chi connectivity index (χ1v) is 11.7. The predicted molar refractivity (Wildman–Crippen MR) is 123 cm³/mol. The molecule has 3 atom stereocenters. The van der Waals surface area contributed by atoms with Gasteiger partial charge in [-0.25, -0.2) is 23.7 Å². The van der Waals surface area contributed by atoms with Gasteiger partial charge >= 0.3 is 0 Å². The van der Waals surface area contributed by atoms with Crippen LogP contribution in [-0.2, 0) is 4.74 Å². The summed E-state index contributed by atoms with van der Waals surface area (Å²) >= 11 is 0. The number of fused-ring (bicyclic) bond motifs is 1. The van der Waals surface area contributed by atoms with Crippen molar-refractivity contribution in [2.45, 2.75) is 63.7 Å². The Balaban J connectivity index is 1.41. The van der Waals surface area contributed by atoms with E-state index in [-0.39, 0.29) is 23.7 Å². The average molecular weight is 462 g/mol. The van der Waals surface area contributed by atoms with E-state index >= 15 is 0 Å². The van der Waals surface area contributed by atoms with Gasteiger partial charge in [0.15, 0.2) is 5.65 Å². The Morgan fingerprint density at radius 2 is 1.88 bits per heavy atom. The van der Waals surface area contributed by atoms with Gasteiger partial charge in [-0.15, -0.1) is 0 Å². The molecule has 0 N–H and O–H groups in total. The summed E-state index contributed by atoms with van der Waals surface area (Å²) in [5.74, 6) is -0.662. The zero-order valence-electron chi connectivity index (χ0n) is 19.1. The molecule has 0 amide bonds. The molecule has 1 aliphatic carbocycles. The second-order valence-electron chi connectivity index (χ2n) is 9.47. The third kappa shape index (κ3) is 3.96. The number of rotatable bonds is 4. The molecule has 34 heavy (non-hydrogen) atoms. The molecule has 4 heterocycles. The summed E-state index contributed by atoms with van der Waals surface area (Å²) in [5.41, 5.74) is 3.06. The number of hydrogen-bond acceptors (Lipinski definition) is 5. The minimum Gasteiger partial charge on any atom is -0.370 e. The quantitative estimate of drug-likeness (QED) is 0.382. The molecule has 0 unspecified atom stereocenters. The summed E-state index contributed by atoms with van der Waals surface area (Å²) in [4.78, 5) is 14.2. The third-order valence-corrected chi connectivity index (χ3v) is 6.69. The molecule has 1 aromatic carbocycles. The summed E-state index contributed by atoms with van der Waals surface area (Å²) in [6.45, 7) is 3.94. The average Bonchev–Trinajstić information content (AvgIpc) is 3.54. The second kappa shape index (κ2) is 8.20. The molecular formula is C26H25F2N5O. The van der Waals surface area contributed by atoms with Crippen LogP contribution in [0, 0.1) is 18.6 Å². The van der Waals surface area contributed by atoms with E-state index < -0.39 is 11.6 Å². The van der Waals surface area contributed by atoms with E-state index in [0.29, 0.717) is 35.0 Å². The van der Waals surface area contributed by atoms with Crippen molar-refractivity contribution >= 4 is 11.0 Å². The second-order valence-corrected chi connectivity index (χ2v) is 9.47. The maximum atomic E-state index is 14.8. The highest BCUT2D eigenvalue weighted by molar-refractivity contribution is 5.90. The molecule has 0 bridgehead atoms. The molecule has 6 nitrogen and oxygen atoms in total. The molecule has 0 radical (unpaired) electrons. The fraction of sp³-hybridized carbons (Fsp3) is 0.385. The highest BCUT2D eigenvalue weighted by Gasteiger charge is 2.33. The largest absolute Gasteiger partial charge is 0.370 e. The van der Waals surface area contributed by atoms with Gasteiger partial charge in [-0.2, -0.15) is 5.10 Å². The van der Waals surface area contributed by atoms with E-state index in [0.717, 1.165) is 23.7 Å². The van der Waals surface area contributed by atoms with Crippen LogP contribution in [0.1, 0.15) is 67.8 Å². The van der Waals surface area contributed by atoms with E-state index in [1.807, 2.05) is 29.9 Å². The van der Waals surface area contributed by atoms with Gasteiger partial charge in [-0.05, 0) is 63.8 Å². The van der Waals surface area contributed by atoms with Gasteiger partial charge in [-0.1, -0.05) is 0 Å². The van der Waals surface area contributed by atoms with Crippen molar-refractivity contribution in [3.63, 3.8) is 0 Å². The summed E-state index contributed by atoms with van der Waals surface area (Å²) in [7, 11) is 0. The lowest BCUT2D eigenvalue weighted by Gasteiger charge is -2.33. The fourth-order valence-electron chi connectivity index (χ4n) is 4.82. The van der Waals surface area contributed by atoms with Crippen molar-refractivity contribution < 1.29 is 13.5 Å². The maximum Gasteiger partial charge on any atom is 0.163 e. The molecule has 2 fully saturated rings. The van der Waals surface area contributed by atoms with Crippen LogP contribution in [0.25, 0.3) is 22.3 Å². The molecule has 8 heteroatoms. The van der Waals surface area contributed by atoms with E-state index in [9.17, 15) is 8.78 Å². The van der Waals surface area contributed by atoms with Crippen LogP contribution < -0.4 is 0 Å². The number of nitrogens with zero attached hydrogens (tertiary/aromatic N) is 5. The lowest BCUT2D eigenvalue weighted by atomic mass is 9.89. The zero-order valence-corrected chi connectivity index (χ0v) is 19.1. The Kier molecular flexibility index (Phi) is 5.13. The van der Waals surface area contributed by atoms with Gasteiger partial charge < -0.3 is 4.74 Å². The summed E-state index contributed by atoms with van der Waals surface area (Å²) < 4.78 is 36.7. The van der Waals surface area contributed by atoms with Gasteiger partial charge in [0.1, 0.15) is 17.5 Å². The number of pyridine rings is 1. The normalized spacial score (nSPS) is 22.9. The van der Waals surface area contributed by atoms with Gasteiger partial charge in [-0.3, -0.25) is 4.68 Å². The van der Waals surface area contributed by atoms with Gasteiger partial charge in [0.2, 0.25) is 0 Å². The topological polar surface area (TPSA) is 65.7 Å². The fourth-order valence-corrected chi connectivity index (χ4v) is 4.82. The highest BCUT2D eigenvalue weighted by atomic mass is 19.1. The molecule has 1 saturated carbocycles. The maximum absolute atomic E-state index is 14.8. The molecular weight excluding hydrogens is 436 g/mol. The lowest BCUT2D eigenvalue weighted by molar-refractivity contribution is -0.0511. The first kappa shape index (κ1) is 21.3. The molecule has 0 spiro atoms. The number of ether oxygens (including phenoxy) is 1. The standard InChI is InChI=1S/C26H25F2N5O/c1-14-3-7-21-24(20-8-4-18(27)11-22(20)28)31-25(32-26(21)30-14)16-9-15(2)34-23(10-16)17-12-29-33(13-17)19-5-6-19/h3-4,7-8,11-13,15-16,19,23H,5-6,9-10H2,1-2H3/t15-,16-,23-/m1/s1. The minimum atomic E-state index is -0.655. The Hall–Kier alpha value is -3.26. The van der Waals surface area contributed by atoms with Crippen LogP contribution in [0.3, 0.4) is 0 Å². The van der Waals surface area contributed by atoms with Crippen molar-refractivity contribution in [1.29, 1.82) is 0 Å². The van der Waals surface area contributed by atoms with Crippen LogP contribution in [-0.4, -0.2) is 30.8 Å². The third-order valence-electron chi connectivity index (χ3n) is 6.69. The summed E-state index contributed by atoms with van der Waals surface area (Å²) in [5, 5.41) is 5.16.